The second kappa shape index (κ2) is 7.77. The van der Waals surface area contributed by atoms with Crippen molar-refractivity contribution in [2.45, 2.75) is 25.2 Å². The van der Waals surface area contributed by atoms with Crippen LogP contribution in [-0.4, -0.2) is 36.4 Å². The molecule has 0 fully saturated rings. The van der Waals surface area contributed by atoms with Crippen molar-refractivity contribution in [3.8, 4) is 5.88 Å². The van der Waals surface area contributed by atoms with Gasteiger partial charge in [0, 0.05) is 12.5 Å². The molecule has 0 atom stereocenters. The van der Waals surface area contributed by atoms with Crippen molar-refractivity contribution in [3.05, 3.63) is 18.3 Å². The highest BCUT2D eigenvalue weighted by Crippen LogP contribution is 2.24. The number of carbonyl (C=O) groups excluding carboxylic acids is 1. The number of carbonyl (C=O) groups is 1. The van der Waals surface area contributed by atoms with Crippen molar-refractivity contribution < 1.29 is 27.1 Å². The summed E-state index contributed by atoms with van der Waals surface area (Å²) >= 11 is 0. The number of ether oxygens (including phenoxy) is 1. The summed E-state index contributed by atoms with van der Waals surface area (Å²) in [6.45, 7) is -1.09. The van der Waals surface area contributed by atoms with Crippen molar-refractivity contribution in [2.24, 2.45) is 5.73 Å². The monoisotopic (exact) mass is 309 g/mol. The van der Waals surface area contributed by atoms with Crippen molar-refractivity contribution in [3.63, 3.8) is 0 Å². The molecule has 9 heteroatoms. The second-order valence-corrected chi connectivity index (χ2v) is 4.18. The van der Waals surface area contributed by atoms with E-state index in [1.54, 1.807) is 0 Å². The Morgan fingerprint density at radius 3 is 2.67 bits per heavy atom. The van der Waals surface area contributed by atoms with Crippen molar-refractivity contribution >= 4 is 11.6 Å². The van der Waals surface area contributed by atoms with Gasteiger partial charge in [0.2, 0.25) is 11.8 Å². The summed E-state index contributed by atoms with van der Waals surface area (Å²) in [5.74, 6) is -4.74. The summed E-state index contributed by atoms with van der Waals surface area (Å²) in [6, 6.07) is 2.56. The van der Waals surface area contributed by atoms with Gasteiger partial charge in [0.05, 0.1) is 11.9 Å². The molecule has 0 radical (unpaired) electrons. The molecule has 0 saturated carbocycles. The molecule has 0 aromatic carbocycles. The predicted octanol–water partition coefficient (Wildman–Crippen LogP) is 2.04. The maximum absolute atomic E-state index is 12.6. The third-order valence-corrected chi connectivity index (χ3v) is 2.36. The Morgan fingerprint density at radius 2 is 2.14 bits per heavy atom. The van der Waals surface area contributed by atoms with E-state index in [1.807, 2.05) is 0 Å². The van der Waals surface area contributed by atoms with E-state index < -0.39 is 19.0 Å². The molecule has 1 amide bonds. The fraction of sp³-hybridized carbons (Fsp3) is 0.500. The molecule has 0 aliphatic carbocycles. The number of rotatable bonds is 8. The van der Waals surface area contributed by atoms with Gasteiger partial charge in [-0.25, -0.2) is 13.8 Å². The van der Waals surface area contributed by atoms with Crippen LogP contribution in [0.1, 0.15) is 12.8 Å². The highest BCUT2D eigenvalue weighted by Gasteiger charge is 2.41. The Hall–Kier alpha value is -1.90. The molecule has 5 nitrogen and oxygen atoms in total. The van der Waals surface area contributed by atoms with Gasteiger partial charge in [-0.1, -0.05) is 0 Å². The lowest BCUT2D eigenvalue weighted by molar-refractivity contribution is -0.148. The SMILES string of the molecule is NCCCC(=O)Nc1ccc(OCC(F)(F)C(F)F)nc1. The highest BCUT2D eigenvalue weighted by molar-refractivity contribution is 5.90. The minimum atomic E-state index is -4.24. The Morgan fingerprint density at radius 1 is 1.43 bits per heavy atom. The van der Waals surface area contributed by atoms with Gasteiger partial charge < -0.3 is 15.8 Å². The summed E-state index contributed by atoms with van der Waals surface area (Å²) in [5.41, 5.74) is 5.59. The third-order valence-electron chi connectivity index (χ3n) is 2.36. The van der Waals surface area contributed by atoms with E-state index in [-0.39, 0.29) is 18.2 Å². The number of hydrogen-bond acceptors (Lipinski definition) is 4. The molecule has 1 rings (SSSR count). The first-order valence-electron chi connectivity index (χ1n) is 6.10. The number of nitrogens with two attached hydrogens (primary N) is 1. The maximum Gasteiger partial charge on any atom is 0.340 e. The van der Waals surface area contributed by atoms with Crippen LogP contribution < -0.4 is 15.8 Å². The lowest BCUT2D eigenvalue weighted by atomic mass is 10.3. The van der Waals surface area contributed by atoms with Crippen LogP contribution in [0.25, 0.3) is 0 Å². The molecule has 1 aromatic rings. The first-order chi connectivity index (χ1) is 9.85. The van der Waals surface area contributed by atoms with Gasteiger partial charge in [0.15, 0.2) is 6.61 Å². The van der Waals surface area contributed by atoms with Gasteiger partial charge in [-0.15, -0.1) is 0 Å². The number of aromatic nitrogens is 1. The zero-order chi connectivity index (χ0) is 15.9. The number of hydrogen-bond donors (Lipinski definition) is 2. The third kappa shape index (κ3) is 5.94. The van der Waals surface area contributed by atoms with E-state index in [4.69, 9.17) is 5.73 Å². The molecule has 1 aromatic heterocycles. The fourth-order valence-corrected chi connectivity index (χ4v) is 1.26. The van der Waals surface area contributed by atoms with Crippen molar-refractivity contribution in [1.29, 1.82) is 0 Å². The molecule has 3 N–H and O–H groups in total. The lowest BCUT2D eigenvalue weighted by Gasteiger charge is -2.15. The van der Waals surface area contributed by atoms with E-state index in [0.717, 1.165) is 0 Å². The van der Waals surface area contributed by atoms with Crippen LogP contribution in [0.15, 0.2) is 18.3 Å². The van der Waals surface area contributed by atoms with Crippen LogP contribution in [0.2, 0.25) is 0 Å². The molecule has 1 heterocycles. The van der Waals surface area contributed by atoms with Gasteiger partial charge in [0.1, 0.15) is 0 Å². The average molecular weight is 309 g/mol. The molecule has 118 valence electrons. The van der Waals surface area contributed by atoms with Crippen molar-refractivity contribution in [1.82, 2.24) is 4.98 Å². The van der Waals surface area contributed by atoms with Crippen LogP contribution in [0.4, 0.5) is 23.2 Å². The smallest absolute Gasteiger partial charge is 0.340 e. The Balaban J connectivity index is 2.49. The number of amides is 1. The van der Waals surface area contributed by atoms with E-state index in [1.165, 1.54) is 18.3 Å². The normalized spacial score (nSPS) is 11.5. The summed E-state index contributed by atoms with van der Waals surface area (Å²) in [6.07, 6.45) is -1.85. The quantitative estimate of drug-likeness (QED) is 0.720. The summed E-state index contributed by atoms with van der Waals surface area (Å²) < 4.78 is 53.6. The van der Waals surface area contributed by atoms with Crippen LogP contribution in [0, 0.1) is 0 Å². The topological polar surface area (TPSA) is 77.2 Å². The number of alkyl halides is 4. The van der Waals surface area contributed by atoms with Gasteiger partial charge in [-0.2, -0.15) is 8.78 Å². The minimum absolute atomic E-state index is 0.240. The first-order valence-corrected chi connectivity index (χ1v) is 6.10. The zero-order valence-electron chi connectivity index (χ0n) is 11.0. The van der Waals surface area contributed by atoms with E-state index in [9.17, 15) is 22.4 Å². The number of nitrogens with zero attached hydrogens (tertiary/aromatic N) is 1. The molecule has 0 unspecified atom stereocenters. The predicted molar refractivity (Wildman–Crippen MR) is 67.6 cm³/mol. The second-order valence-electron chi connectivity index (χ2n) is 4.18. The molecule has 21 heavy (non-hydrogen) atoms. The molecular formula is C12H15F4N3O2. The summed E-state index contributed by atoms with van der Waals surface area (Å²) in [7, 11) is 0. The Bertz CT molecular complexity index is 454. The molecule has 0 saturated heterocycles. The minimum Gasteiger partial charge on any atom is -0.471 e. The number of pyridine rings is 1. The molecule has 0 spiro atoms. The first kappa shape index (κ1) is 17.2. The van der Waals surface area contributed by atoms with E-state index >= 15 is 0 Å². The largest absolute Gasteiger partial charge is 0.471 e. The number of anilines is 1. The Kier molecular flexibility index (Phi) is 6.35. The van der Waals surface area contributed by atoms with Crippen LogP contribution >= 0.6 is 0 Å². The summed E-state index contributed by atoms with van der Waals surface area (Å²) in [5, 5.41) is 2.51. The molecule has 0 bridgehead atoms. The van der Waals surface area contributed by atoms with Crippen molar-refractivity contribution in [2.75, 3.05) is 18.5 Å². The van der Waals surface area contributed by atoms with Gasteiger partial charge in [-0.3, -0.25) is 4.79 Å². The summed E-state index contributed by atoms with van der Waals surface area (Å²) in [4.78, 5) is 15.0. The molecule has 0 aliphatic heterocycles. The average Bonchev–Trinajstić information content (AvgIpc) is 2.44. The molecule has 0 aliphatic rings. The highest BCUT2D eigenvalue weighted by atomic mass is 19.3. The number of nitrogens with one attached hydrogen (secondary N) is 1. The van der Waals surface area contributed by atoms with Gasteiger partial charge >= 0.3 is 12.3 Å². The molecular weight excluding hydrogens is 294 g/mol. The van der Waals surface area contributed by atoms with Gasteiger partial charge in [0.25, 0.3) is 0 Å². The van der Waals surface area contributed by atoms with Crippen LogP contribution in [0.3, 0.4) is 0 Å². The van der Waals surface area contributed by atoms with Crippen LogP contribution in [-0.2, 0) is 4.79 Å². The maximum atomic E-state index is 12.6. The standard InChI is InChI=1S/C12H15F4N3O2/c13-11(14)12(15,16)7-21-10-4-3-8(6-18-10)19-9(20)2-1-5-17/h3-4,6,11H,1-2,5,7,17H2,(H,19,20). The number of halogens is 4. The van der Waals surface area contributed by atoms with E-state index in [2.05, 4.69) is 15.0 Å². The van der Waals surface area contributed by atoms with E-state index in [0.29, 0.717) is 18.7 Å². The van der Waals surface area contributed by atoms with Crippen LogP contribution in [0.5, 0.6) is 5.88 Å². The Labute approximate surface area is 118 Å². The zero-order valence-corrected chi connectivity index (χ0v) is 11.0. The van der Waals surface area contributed by atoms with Gasteiger partial charge in [-0.05, 0) is 19.0 Å². The fourth-order valence-electron chi connectivity index (χ4n) is 1.26. The lowest BCUT2D eigenvalue weighted by Crippen LogP contribution is -2.33.